The summed E-state index contributed by atoms with van der Waals surface area (Å²) in [4.78, 5) is 0. The van der Waals surface area contributed by atoms with Gasteiger partial charge in [0.05, 0.1) is 185 Å². The molecule has 0 bridgehead atoms. The fourth-order valence-corrected chi connectivity index (χ4v) is 19.8. The molecule has 0 heterocycles. The molecule has 0 saturated heterocycles. The van der Waals surface area contributed by atoms with Gasteiger partial charge in [-0.15, -0.1) is 0 Å². The van der Waals surface area contributed by atoms with Crippen LogP contribution in [0.2, 0.25) is 0 Å². The Balaban J connectivity index is -0.000000269. The van der Waals surface area contributed by atoms with Gasteiger partial charge in [0.2, 0.25) is 0 Å². The van der Waals surface area contributed by atoms with E-state index in [-0.39, 0.29) is 0 Å². The van der Waals surface area contributed by atoms with Crippen LogP contribution in [0.15, 0.2) is 0 Å². The Hall–Kier alpha value is -0.280. The van der Waals surface area contributed by atoms with Crippen molar-refractivity contribution in [2.75, 3.05) is 185 Å². The molecule has 0 saturated carbocycles. The van der Waals surface area contributed by atoms with Gasteiger partial charge in [-0.1, -0.05) is 344 Å². The summed E-state index contributed by atoms with van der Waals surface area (Å²) in [5, 5.41) is 0. The van der Waals surface area contributed by atoms with E-state index in [0.29, 0.717) is 0 Å². The SMILES string of the molecule is CCCCCCCC[N+](CCCCCCCC)(CCCCCCCC)CCCCCCCC.CCCCCC[N+](CCCCCC)(CCCCCC)CCCCCC.CCCCC[N+](CCCCC)(CCCCC)CCCCC.CCCC[N+](CCCC)(CCCC)CCCC.CCC[N+](CCC)(CCC)CCC.CC[N+](CC)(CC)CC.C[N+](C)(C)C. The summed E-state index contributed by atoms with van der Waals surface area (Å²) in [7, 11) is 8.50. The number of unbranched alkanes of at least 4 members (excludes halogenated alkanes) is 44. The third-order valence-corrected chi connectivity index (χ3v) is 28.3. The number of quaternary nitrogens is 7. The standard InChI is InChI=1S/C32H68N.C24H52N.C20H44N.C16H36N.C12H28N.C8H20N.C4H12N/c1-5-9-13-17-21-25-29-33(30-26-22-18-14-10-6-2,31-27-23-19-15-11-7-3)32-28-24-20-16-12-8-4;1-5-9-13-17-21-25(22-18-14-10-6-2,23-19-15-11-7-3)24-20-16-12-8-4;1-5-9-13-17-21(18-14-10-6-2,19-15-11-7-3)20-16-12-8-4;1-5-9-13-17(14-10-6-2,15-11-7-3)16-12-8-4;1-5-9-13(10-6-2,11-7-3)12-8-4;1-5-9(6-2,7-3)8-4;1-5(2,3)4/h5-32H2,1-4H3;5-24H2,1-4H3;5-20H2,1-4H3;5-16H2,1-4H3;5-12H2,1-4H3;5-8H2,1-4H3;1-4H3/q7*+1. The average Bonchev–Trinajstić information content (AvgIpc) is 0.893. The van der Waals surface area contributed by atoms with Crippen molar-refractivity contribution in [2.24, 2.45) is 0 Å². The summed E-state index contributed by atoms with van der Waals surface area (Å²) < 4.78 is 9.45. The molecule has 0 amide bonds. The van der Waals surface area contributed by atoms with Crippen molar-refractivity contribution in [3.63, 3.8) is 0 Å². The molecule has 752 valence electrons. The van der Waals surface area contributed by atoms with Gasteiger partial charge in [0, 0.05) is 0 Å². The number of rotatable bonds is 88. The summed E-state index contributed by atoms with van der Waals surface area (Å²) in [5.74, 6) is 0. The molecule has 0 rings (SSSR count). The summed E-state index contributed by atoms with van der Waals surface area (Å²) >= 11 is 0. The Morgan fingerprint density at radius 3 is 0.293 bits per heavy atom. The molecular formula is C116H260N7+7. The second kappa shape index (κ2) is 105. The van der Waals surface area contributed by atoms with E-state index in [4.69, 9.17) is 0 Å². The molecule has 0 aromatic heterocycles. The first-order valence-corrected chi connectivity index (χ1v) is 58.3. The minimum Gasteiger partial charge on any atom is -0.333 e. The van der Waals surface area contributed by atoms with Gasteiger partial charge in [0.25, 0.3) is 0 Å². The number of hydrogen-bond donors (Lipinski definition) is 0. The summed E-state index contributed by atoms with van der Waals surface area (Å²) in [6.07, 6.45) is 90.9. The highest BCUT2D eigenvalue weighted by molar-refractivity contribution is 4.60. The zero-order valence-corrected chi connectivity index (χ0v) is 93.4. The Morgan fingerprint density at radius 1 is 0.0894 bits per heavy atom. The van der Waals surface area contributed by atoms with Gasteiger partial charge >= 0.3 is 0 Å². The molecule has 0 fully saturated rings. The summed E-state index contributed by atoms with van der Waals surface area (Å²) in [5.41, 5.74) is 0. The second-order valence-corrected chi connectivity index (χ2v) is 42.0. The van der Waals surface area contributed by atoms with Crippen molar-refractivity contribution < 1.29 is 31.4 Å². The molecule has 0 N–H and O–H groups in total. The van der Waals surface area contributed by atoms with Crippen LogP contribution < -0.4 is 0 Å². The Labute approximate surface area is 789 Å². The van der Waals surface area contributed by atoms with Crippen LogP contribution in [-0.4, -0.2) is 217 Å². The third-order valence-electron chi connectivity index (χ3n) is 28.3. The van der Waals surface area contributed by atoms with E-state index in [9.17, 15) is 0 Å². The van der Waals surface area contributed by atoms with Crippen LogP contribution in [0.1, 0.15) is 577 Å². The predicted octanol–water partition coefficient (Wildman–Crippen LogP) is 36.6. The van der Waals surface area contributed by atoms with E-state index in [0.717, 1.165) is 4.48 Å². The maximum Gasteiger partial charge on any atom is 0.0786 e. The highest BCUT2D eigenvalue weighted by Crippen LogP contribution is 2.25. The molecular weight excluding hydrogens is 1490 g/mol. The Kier molecular flexibility index (Phi) is 116. The topological polar surface area (TPSA) is 0 Å². The van der Waals surface area contributed by atoms with E-state index in [1.807, 2.05) is 0 Å². The third kappa shape index (κ3) is 94.7. The van der Waals surface area contributed by atoms with Crippen LogP contribution in [0.3, 0.4) is 0 Å². The van der Waals surface area contributed by atoms with Gasteiger partial charge in [-0.25, -0.2) is 0 Å². The van der Waals surface area contributed by atoms with Gasteiger partial charge in [-0.2, -0.15) is 0 Å². The van der Waals surface area contributed by atoms with Crippen LogP contribution in [0, 0.1) is 0 Å². The second-order valence-electron chi connectivity index (χ2n) is 42.0. The Morgan fingerprint density at radius 2 is 0.179 bits per heavy atom. The normalized spacial score (nSPS) is 12.0. The van der Waals surface area contributed by atoms with Crippen molar-refractivity contribution >= 4 is 0 Å². The quantitative estimate of drug-likeness (QED) is 0.0421. The van der Waals surface area contributed by atoms with Crippen molar-refractivity contribution in [1.82, 2.24) is 0 Å². The molecule has 0 aromatic carbocycles. The monoisotopic (exact) mass is 1750 g/mol. The van der Waals surface area contributed by atoms with Crippen molar-refractivity contribution in [1.29, 1.82) is 0 Å². The van der Waals surface area contributed by atoms with E-state index >= 15 is 0 Å². The maximum absolute atomic E-state index is 2.34. The maximum atomic E-state index is 2.34. The summed E-state index contributed by atoms with van der Waals surface area (Å²) in [6, 6.07) is 0. The first-order chi connectivity index (χ1) is 59.5. The zero-order valence-electron chi connectivity index (χ0n) is 93.4. The van der Waals surface area contributed by atoms with Crippen molar-refractivity contribution in [3.05, 3.63) is 0 Å². The molecule has 123 heavy (non-hydrogen) atoms. The molecule has 0 aromatic rings. The molecule has 0 aliphatic rings. The smallest absolute Gasteiger partial charge is 0.0786 e. The molecule has 0 aliphatic heterocycles. The molecule has 7 nitrogen and oxygen atoms in total. The molecule has 0 aliphatic carbocycles. The van der Waals surface area contributed by atoms with E-state index in [1.54, 1.807) is 0 Å². The number of hydrogen-bond acceptors (Lipinski definition) is 0. The zero-order chi connectivity index (χ0) is 93.7. The fourth-order valence-electron chi connectivity index (χ4n) is 19.8. The minimum absolute atomic E-state index is 1.00. The van der Waals surface area contributed by atoms with E-state index in [1.165, 1.54) is 595 Å². The molecule has 7 heteroatoms. The van der Waals surface area contributed by atoms with Gasteiger partial charge < -0.3 is 31.4 Å². The fraction of sp³-hybridized carbons (Fsp3) is 1.00. The molecule has 0 spiro atoms. The number of nitrogens with zero attached hydrogens (tertiary/aromatic N) is 7. The average molecular weight is 1750 g/mol. The highest BCUT2D eigenvalue weighted by atomic mass is 15.4. The lowest BCUT2D eigenvalue weighted by Gasteiger charge is -2.40. The van der Waals surface area contributed by atoms with E-state index in [2.05, 4.69) is 194 Å². The highest BCUT2D eigenvalue weighted by Gasteiger charge is 2.30. The predicted molar refractivity (Wildman–Crippen MR) is 574 cm³/mol. The van der Waals surface area contributed by atoms with Gasteiger partial charge in [0.1, 0.15) is 0 Å². The largest absolute Gasteiger partial charge is 0.333 e. The first kappa shape index (κ1) is 136. The lowest BCUT2D eigenvalue weighted by molar-refractivity contribution is -0.929. The molecule has 0 unspecified atom stereocenters. The summed E-state index contributed by atoms with van der Waals surface area (Å²) in [6.45, 7) is 89.6. The minimum atomic E-state index is 1.00. The van der Waals surface area contributed by atoms with Crippen LogP contribution in [0.4, 0.5) is 0 Å². The van der Waals surface area contributed by atoms with Crippen LogP contribution in [0.5, 0.6) is 0 Å². The van der Waals surface area contributed by atoms with Crippen molar-refractivity contribution in [3.8, 4) is 0 Å². The van der Waals surface area contributed by atoms with Gasteiger partial charge in [-0.05, 0) is 233 Å². The van der Waals surface area contributed by atoms with Crippen LogP contribution in [0.25, 0.3) is 0 Å². The van der Waals surface area contributed by atoms with Gasteiger partial charge in [0.15, 0.2) is 0 Å². The lowest BCUT2D eigenvalue weighted by Crippen LogP contribution is -2.50. The van der Waals surface area contributed by atoms with Crippen molar-refractivity contribution in [2.45, 2.75) is 577 Å². The van der Waals surface area contributed by atoms with Gasteiger partial charge in [-0.3, -0.25) is 0 Å². The molecule has 0 radical (unpaired) electrons. The Bertz CT molecular complexity index is 1580. The van der Waals surface area contributed by atoms with Crippen LogP contribution in [-0.2, 0) is 0 Å². The van der Waals surface area contributed by atoms with E-state index < -0.39 is 0 Å². The van der Waals surface area contributed by atoms with Crippen LogP contribution >= 0.6 is 0 Å². The lowest BCUT2D eigenvalue weighted by atomic mass is 10.0. The first-order valence-electron chi connectivity index (χ1n) is 58.3. The molecule has 0 atom stereocenters.